The Morgan fingerprint density at radius 1 is 0.862 bits per heavy atom. The van der Waals surface area contributed by atoms with E-state index in [0.29, 0.717) is 43.4 Å². The molecule has 3 rings (SSSR count). The van der Waals surface area contributed by atoms with Gasteiger partial charge in [-0.3, -0.25) is 19.3 Å². The zero-order valence-electron chi connectivity index (χ0n) is 16.7. The summed E-state index contributed by atoms with van der Waals surface area (Å²) in [5, 5.41) is 0. The van der Waals surface area contributed by atoms with Crippen LogP contribution in [-0.4, -0.2) is 60.2 Å². The number of para-hydroxylation sites is 3. The Morgan fingerprint density at radius 3 is 2.07 bits per heavy atom. The second-order valence-corrected chi connectivity index (χ2v) is 6.87. The molecule has 2 aromatic rings. The molecule has 1 saturated heterocycles. The van der Waals surface area contributed by atoms with Crippen LogP contribution in [0.2, 0.25) is 0 Å². The molecule has 3 amide bonds. The van der Waals surface area contributed by atoms with Crippen molar-refractivity contribution in [3.8, 4) is 11.5 Å². The molecule has 0 aliphatic carbocycles. The van der Waals surface area contributed by atoms with Crippen LogP contribution in [0.25, 0.3) is 0 Å². The predicted octanol–water partition coefficient (Wildman–Crippen LogP) is 2.52. The van der Waals surface area contributed by atoms with Crippen molar-refractivity contribution < 1.29 is 19.1 Å². The van der Waals surface area contributed by atoms with Gasteiger partial charge in [-0.1, -0.05) is 30.3 Å². The summed E-state index contributed by atoms with van der Waals surface area (Å²) in [4.78, 5) is 41.5. The van der Waals surface area contributed by atoms with E-state index in [1.54, 1.807) is 28.0 Å². The van der Waals surface area contributed by atoms with Gasteiger partial charge in [0.1, 0.15) is 12.3 Å². The van der Waals surface area contributed by atoms with Crippen molar-refractivity contribution in [2.24, 2.45) is 0 Å². The van der Waals surface area contributed by atoms with Crippen molar-refractivity contribution in [3.63, 3.8) is 0 Å². The molecule has 0 unspecified atom stereocenters. The molecule has 29 heavy (non-hydrogen) atoms. The second-order valence-electron chi connectivity index (χ2n) is 6.87. The second kappa shape index (κ2) is 9.23. The first-order chi connectivity index (χ1) is 14.0. The van der Waals surface area contributed by atoms with Crippen molar-refractivity contribution in [1.29, 1.82) is 0 Å². The number of benzene rings is 2. The third-order valence-corrected chi connectivity index (χ3v) is 4.88. The Hall–Kier alpha value is -3.35. The number of nitrogens with zero attached hydrogens (tertiary/aromatic N) is 3. The lowest BCUT2D eigenvalue weighted by Gasteiger charge is -2.35. The van der Waals surface area contributed by atoms with Gasteiger partial charge in [0, 0.05) is 40.0 Å². The maximum atomic E-state index is 12.8. The van der Waals surface area contributed by atoms with Gasteiger partial charge < -0.3 is 14.5 Å². The molecule has 7 nitrogen and oxygen atoms in total. The molecule has 0 spiro atoms. The lowest BCUT2D eigenvalue weighted by Crippen LogP contribution is -2.52. The fourth-order valence-electron chi connectivity index (χ4n) is 3.25. The minimum Gasteiger partial charge on any atom is -0.455 e. The van der Waals surface area contributed by atoms with Gasteiger partial charge in [0.05, 0.1) is 5.69 Å². The Bertz CT molecular complexity index is 877. The highest BCUT2D eigenvalue weighted by molar-refractivity contribution is 5.98. The van der Waals surface area contributed by atoms with Crippen molar-refractivity contribution in [2.45, 2.75) is 13.8 Å². The first-order valence-electron chi connectivity index (χ1n) is 9.59. The Morgan fingerprint density at radius 2 is 1.45 bits per heavy atom. The molecule has 0 atom stereocenters. The highest BCUT2D eigenvalue weighted by atomic mass is 16.5. The molecule has 2 aromatic carbocycles. The highest BCUT2D eigenvalue weighted by Crippen LogP contribution is 2.32. The fraction of sp³-hybridized carbons (Fsp3) is 0.318. The normalized spacial score (nSPS) is 13.7. The molecule has 0 saturated carbocycles. The molecular weight excluding hydrogens is 370 g/mol. The van der Waals surface area contributed by atoms with Crippen LogP contribution < -0.4 is 9.64 Å². The molecule has 0 bridgehead atoms. The number of amides is 3. The Labute approximate surface area is 170 Å². The third kappa shape index (κ3) is 5.13. The van der Waals surface area contributed by atoms with Gasteiger partial charge in [0.25, 0.3) is 0 Å². The molecule has 0 aromatic heterocycles. The molecule has 152 valence electrons. The summed E-state index contributed by atoms with van der Waals surface area (Å²) in [5.74, 6) is 0.760. The number of rotatable bonds is 5. The third-order valence-electron chi connectivity index (χ3n) is 4.88. The van der Waals surface area contributed by atoms with Crippen LogP contribution in [0.4, 0.5) is 5.69 Å². The summed E-state index contributed by atoms with van der Waals surface area (Å²) in [6.45, 7) is 4.83. The highest BCUT2D eigenvalue weighted by Gasteiger charge is 2.26. The molecule has 1 fully saturated rings. The molecule has 0 N–H and O–H groups in total. The molecule has 1 heterocycles. The molecular formula is C22H25N3O4. The van der Waals surface area contributed by atoms with E-state index in [-0.39, 0.29) is 24.3 Å². The van der Waals surface area contributed by atoms with Crippen LogP contribution >= 0.6 is 0 Å². The van der Waals surface area contributed by atoms with E-state index < -0.39 is 0 Å². The first-order valence-corrected chi connectivity index (χ1v) is 9.59. The average Bonchev–Trinajstić information content (AvgIpc) is 2.73. The van der Waals surface area contributed by atoms with Gasteiger partial charge in [-0.05, 0) is 24.3 Å². The van der Waals surface area contributed by atoms with E-state index in [0.717, 1.165) is 0 Å². The zero-order chi connectivity index (χ0) is 20.8. The largest absolute Gasteiger partial charge is 0.455 e. The van der Waals surface area contributed by atoms with Crippen molar-refractivity contribution in [2.75, 3.05) is 37.6 Å². The average molecular weight is 395 g/mol. The van der Waals surface area contributed by atoms with Crippen molar-refractivity contribution >= 4 is 23.4 Å². The summed E-state index contributed by atoms with van der Waals surface area (Å²) in [6, 6.07) is 16.4. The maximum absolute atomic E-state index is 12.8. The Balaban J connectivity index is 1.74. The van der Waals surface area contributed by atoms with Crippen molar-refractivity contribution in [1.82, 2.24) is 9.80 Å². The number of hydrogen-bond acceptors (Lipinski definition) is 4. The summed E-state index contributed by atoms with van der Waals surface area (Å²) in [7, 11) is 0. The smallest absolute Gasteiger partial charge is 0.242 e. The van der Waals surface area contributed by atoms with Crippen LogP contribution in [0.1, 0.15) is 13.8 Å². The number of carbonyl (C=O) groups is 3. The quantitative estimate of drug-likeness (QED) is 0.780. The monoisotopic (exact) mass is 395 g/mol. The standard InChI is InChI=1S/C22H25N3O4/c1-17(26)23-12-14-24(15-13-23)22(28)16-25(18(2)27)20-10-6-7-11-21(20)29-19-8-4-3-5-9-19/h3-11H,12-16H2,1-2H3. The summed E-state index contributed by atoms with van der Waals surface area (Å²) >= 11 is 0. The lowest BCUT2D eigenvalue weighted by atomic mass is 10.2. The van der Waals surface area contributed by atoms with Crippen LogP contribution in [0.5, 0.6) is 11.5 Å². The molecule has 1 aliphatic rings. The topological polar surface area (TPSA) is 70.2 Å². The number of carbonyl (C=O) groups excluding carboxylic acids is 3. The van der Waals surface area contributed by atoms with Gasteiger partial charge >= 0.3 is 0 Å². The van der Waals surface area contributed by atoms with E-state index in [4.69, 9.17) is 4.74 Å². The predicted molar refractivity (Wildman–Crippen MR) is 110 cm³/mol. The minimum atomic E-state index is -0.246. The van der Waals surface area contributed by atoms with Gasteiger partial charge in [-0.2, -0.15) is 0 Å². The Kier molecular flexibility index (Phi) is 6.49. The zero-order valence-corrected chi connectivity index (χ0v) is 16.7. The number of ether oxygens (including phenoxy) is 1. The van der Waals surface area contributed by atoms with Crippen LogP contribution in [0.15, 0.2) is 54.6 Å². The molecule has 7 heteroatoms. The van der Waals surface area contributed by atoms with E-state index >= 15 is 0 Å². The number of anilines is 1. The molecule has 1 aliphatic heterocycles. The number of piperazine rings is 1. The minimum absolute atomic E-state index is 0.00875. The SMILES string of the molecule is CC(=O)N1CCN(C(=O)CN(C(C)=O)c2ccccc2Oc2ccccc2)CC1. The lowest BCUT2D eigenvalue weighted by molar-refractivity contribution is -0.137. The number of hydrogen-bond donors (Lipinski definition) is 0. The van der Waals surface area contributed by atoms with E-state index in [9.17, 15) is 14.4 Å². The molecule has 0 radical (unpaired) electrons. The van der Waals surface area contributed by atoms with Crippen LogP contribution in [-0.2, 0) is 14.4 Å². The summed E-state index contributed by atoms with van der Waals surface area (Å²) in [5.41, 5.74) is 0.541. The fourth-order valence-corrected chi connectivity index (χ4v) is 3.25. The van der Waals surface area contributed by atoms with Crippen LogP contribution in [0, 0.1) is 0 Å². The van der Waals surface area contributed by atoms with Gasteiger partial charge in [0.2, 0.25) is 17.7 Å². The van der Waals surface area contributed by atoms with Crippen molar-refractivity contribution in [3.05, 3.63) is 54.6 Å². The van der Waals surface area contributed by atoms with E-state index in [1.165, 1.54) is 18.7 Å². The van der Waals surface area contributed by atoms with Gasteiger partial charge in [-0.25, -0.2) is 0 Å². The van der Waals surface area contributed by atoms with Gasteiger partial charge in [-0.15, -0.1) is 0 Å². The van der Waals surface area contributed by atoms with E-state index in [2.05, 4.69) is 0 Å². The van der Waals surface area contributed by atoms with Crippen LogP contribution in [0.3, 0.4) is 0 Å². The first kappa shape index (κ1) is 20.4. The summed E-state index contributed by atoms with van der Waals surface area (Å²) < 4.78 is 5.95. The summed E-state index contributed by atoms with van der Waals surface area (Å²) in [6.07, 6.45) is 0. The maximum Gasteiger partial charge on any atom is 0.242 e. The van der Waals surface area contributed by atoms with Gasteiger partial charge in [0.15, 0.2) is 5.75 Å². The van der Waals surface area contributed by atoms with E-state index in [1.807, 2.05) is 36.4 Å².